The van der Waals surface area contributed by atoms with E-state index in [4.69, 9.17) is 8.94 Å². The Morgan fingerprint density at radius 3 is 2.81 bits per heavy atom. The highest BCUT2D eigenvalue weighted by molar-refractivity contribution is 6.03. The van der Waals surface area contributed by atoms with Crippen LogP contribution in [0.4, 0.5) is 0 Å². The van der Waals surface area contributed by atoms with Crippen molar-refractivity contribution in [3.8, 4) is 11.5 Å². The molecule has 0 saturated carbocycles. The first-order valence-corrected chi connectivity index (χ1v) is 8.45. The number of amides is 1. The first-order chi connectivity index (χ1) is 12.6. The molecule has 0 spiro atoms. The van der Waals surface area contributed by atoms with Crippen molar-refractivity contribution in [2.24, 2.45) is 0 Å². The minimum absolute atomic E-state index is 0.0391. The number of aryl methyl sites for hydroxylation is 1. The van der Waals surface area contributed by atoms with E-state index >= 15 is 0 Å². The average molecular weight is 351 g/mol. The van der Waals surface area contributed by atoms with Gasteiger partial charge in [-0.2, -0.15) is 4.98 Å². The van der Waals surface area contributed by atoms with E-state index in [0.717, 1.165) is 12.0 Å². The number of aromatic nitrogens is 2. The molecular weight excluding hydrogens is 334 g/mol. The van der Waals surface area contributed by atoms with Gasteiger partial charge in [0.25, 0.3) is 11.8 Å². The van der Waals surface area contributed by atoms with Crippen molar-refractivity contribution in [2.45, 2.75) is 32.7 Å². The second-order valence-electron chi connectivity index (χ2n) is 6.20. The van der Waals surface area contributed by atoms with Crippen molar-refractivity contribution in [1.29, 1.82) is 0 Å². The fraction of sp³-hybridized carbons (Fsp3) is 0.263. The number of hydrogen-bond acceptors (Lipinski definition) is 6. The standard InChI is InChI=1S/C19H17N3O4/c1-11-16-13(23)8-5-9-14(16)25-17(11)18(24)20-10-15-21-19(26-22-15)12-6-3-2-4-7-12/h2-4,6-7H,5,8-10H2,1H3,(H,20,24). The molecule has 1 amide bonds. The van der Waals surface area contributed by atoms with Crippen LogP contribution >= 0.6 is 0 Å². The second-order valence-corrected chi connectivity index (χ2v) is 6.20. The van der Waals surface area contributed by atoms with Gasteiger partial charge in [0, 0.05) is 24.0 Å². The van der Waals surface area contributed by atoms with Crippen molar-refractivity contribution < 1.29 is 18.5 Å². The van der Waals surface area contributed by atoms with Crippen LogP contribution < -0.4 is 5.32 Å². The zero-order valence-corrected chi connectivity index (χ0v) is 14.2. The SMILES string of the molecule is Cc1c(C(=O)NCc2noc(-c3ccccc3)n2)oc2c1C(=O)CCC2. The Morgan fingerprint density at radius 1 is 1.23 bits per heavy atom. The Kier molecular flexibility index (Phi) is 4.12. The highest BCUT2D eigenvalue weighted by Gasteiger charge is 2.28. The third kappa shape index (κ3) is 2.92. The number of ketones is 1. The van der Waals surface area contributed by atoms with Gasteiger partial charge in [-0.1, -0.05) is 23.4 Å². The summed E-state index contributed by atoms with van der Waals surface area (Å²) in [6, 6.07) is 9.39. The molecule has 1 N–H and O–H groups in total. The summed E-state index contributed by atoms with van der Waals surface area (Å²) in [5, 5.41) is 6.59. The maximum Gasteiger partial charge on any atom is 0.287 e. The average Bonchev–Trinajstić information content (AvgIpc) is 3.26. The van der Waals surface area contributed by atoms with Gasteiger partial charge in [0.05, 0.1) is 12.1 Å². The molecule has 3 aromatic rings. The van der Waals surface area contributed by atoms with Crippen molar-refractivity contribution in [2.75, 3.05) is 0 Å². The predicted molar refractivity (Wildman–Crippen MR) is 91.6 cm³/mol. The van der Waals surface area contributed by atoms with E-state index < -0.39 is 5.91 Å². The quantitative estimate of drug-likeness (QED) is 0.775. The molecule has 2 heterocycles. The summed E-state index contributed by atoms with van der Waals surface area (Å²) < 4.78 is 10.8. The van der Waals surface area contributed by atoms with E-state index in [1.165, 1.54) is 0 Å². The summed E-state index contributed by atoms with van der Waals surface area (Å²) in [5.74, 6) is 1.19. The van der Waals surface area contributed by atoms with Crippen LogP contribution in [0.15, 0.2) is 39.3 Å². The van der Waals surface area contributed by atoms with Gasteiger partial charge in [0.2, 0.25) is 0 Å². The third-order valence-electron chi connectivity index (χ3n) is 4.41. The molecule has 0 saturated heterocycles. The Balaban J connectivity index is 1.47. The number of rotatable bonds is 4. The molecule has 4 rings (SSSR count). The third-order valence-corrected chi connectivity index (χ3v) is 4.41. The minimum Gasteiger partial charge on any atom is -0.455 e. The molecule has 0 bridgehead atoms. The first kappa shape index (κ1) is 16.3. The largest absolute Gasteiger partial charge is 0.455 e. The lowest BCUT2D eigenvalue weighted by atomic mass is 9.94. The highest BCUT2D eigenvalue weighted by Crippen LogP contribution is 2.29. The summed E-state index contributed by atoms with van der Waals surface area (Å²) in [6.07, 6.45) is 1.94. The van der Waals surface area contributed by atoms with Gasteiger partial charge in [0.15, 0.2) is 17.4 Å². The topological polar surface area (TPSA) is 98.2 Å². The Morgan fingerprint density at radius 2 is 2.04 bits per heavy atom. The van der Waals surface area contributed by atoms with Gasteiger partial charge in [-0.05, 0) is 25.5 Å². The molecule has 7 heteroatoms. The van der Waals surface area contributed by atoms with E-state index in [1.807, 2.05) is 30.3 Å². The lowest BCUT2D eigenvalue weighted by Crippen LogP contribution is -2.23. The monoisotopic (exact) mass is 351 g/mol. The van der Waals surface area contributed by atoms with E-state index in [0.29, 0.717) is 41.4 Å². The number of furan rings is 1. The zero-order chi connectivity index (χ0) is 18.1. The summed E-state index contributed by atoms with van der Waals surface area (Å²) in [5.41, 5.74) is 1.97. The number of nitrogens with zero attached hydrogens (tertiary/aromatic N) is 2. The van der Waals surface area contributed by atoms with Gasteiger partial charge in [-0.3, -0.25) is 9.59 Å². The molecule has 0 fully saturated rings. The van der Waals surface area contributed by atoms with E-state index in [9.17, 15) is 9.59 Å². The van der Waals surface area contributed by atoms with Crippen molar-refractivity contribution in [3.63, 3.8) is 0 Å². The number of nitrogens with one attached hydrogen (secondary N) is 1. The lowest BCUT2D eigenvalue weighted by Gasteiger charge is -2.07. The fourth-order valence-corrected chi connectivity index (χ4v) is 3.13. The molecule has 1 aliphatic carbocycles. The molecule has 7 nitrogen and oxygen atoms in total. The lowest BCUT2D eigenvalue weighted by molar-refractivity contribution is 0.0915. The summed E-state index contributed by atoms with van der Waals surface area (Å²) >= 11 is 0. The number of Topliss-reactive ketones (excluding diaryl/α,β-unsaturated/α-hetero) is 1. The fourth-order valence-electron chi connectivity index (χ4n) is 3.13. The molecule has 1 aliphatic rings. The molecule has 0 radical (unpaired) electrons. The van der Waals surface area contributed by atoms with Crippen molar-refractivity contribution >= 4 is 11.7 Å². The van der Waals surface area contributed by atoms with Crippen LogP contribution in [0.25, 0.3) is 11.5 Å². The molecular formula is C19H17N3O4. The van der Waals surface area contributed by atoms with Gasteiger partial charge in [-0.25, -0.2) is 0 Å². The number of carbonyl (C=O) groups is 2. The van der Waals surface area contributed by atoms with Crippen LogP contribution in [0.1, 0.15) is 50.9 Å². The predicted octanol–water partition coefficient (Wildman–Crippen LogP) is 3.09. The van der Waals surface area contributed by atoms with Gasteiger partial charge < -0.3 is 14.3 Å². The van der Waals surface area contributed by atoms with Crippen LogP contribution in [0.5, 0.6) is 0 Å². The van der Waals surface area contributed by atoms with Gasteiger partial charge >= 0.3 is 0 Å². The first-order valence-electron chi connectivity index (χ1n) is 8.45. The zero-order valence-electron chi connectivity index (χ0n) is 14.2. The normalized spacial score (nSPS) is 13.5. The molecule has 0 aliphatic heterocycles. The number of benzene rings is 1. The summed E-state index contributed by atoms with van der Waals surface area (Å²) in [6.45, 7) is 1.84. The highest BCUT2D eigenvalue weighted by atomic mass is 16.5. The summed E-state index contributed by atoms with van der Waals surface area (Å²) in [4.78, 5) is 28.7. The van der Waals surface area contributed by atoms with E-state index in [2.05, 4.69) is 15.5 Å². The molecule has 2 aromatic heterocycles. The molecule has 132 valence electrons. The van der Waals surface area contributed by atoms with Crippen LogP contribution in [0.2, 0.25) is 0 Å². The molecule has 1 aromatic carbocycles. The maximum absolute atomic E-state index is 12.4. The van der Waals surface area contributed by atoms with Crippen LogP contribution in [0, 0.1) is 6.92 Å². The Hall–Kier alpha value is -3.22. The van der Waals surface area contributed by atoms with Crippen LogP contribution in [-0.2, 0) is 13.0 Å². The van der Waals surface area contributed by atoms with Crippen molar-refractivity contribution in [1.82, 2.24) is 15.5 Å². The van der Waals surface area contributed by atoms with Crippen LogP contribution in [0.3, 0.4) is 0 Å². The number of fused-ring (bicyclic) bond motifs is 1. The summed E-state index contributed by atoms with van der Waals surface area (Å²) in [7, 11) is 0. The van der Waals surface area contributed by atoms with Crippen molar-refractivity contribution in [3.05, 3.63) is 58.8 Å². The van der Waals surface area contributed by atoms with Gasteiger partial charge in [0.1, 0.15) is 5.76 Å². The van der Waals surface area contributed by atoms with E-state index in [-0.39, 0.29) is 18.1 Å². The molecule has 0 unspecified atom stereocenters. The Labute approximate surface area is 149 Å². The molecule has 0 atom stereocenters. The Bertz CT molecular complexity index is 972. The van der Waals surface area contributed by atoms with Gasteiger partial charge in [-0.15, -0.1) is 0 Å². The second kappa shape index (κ2) is 6.59. The number of carbonyl (C=O) groups excluding carboxylic acids is 2. The van der Waals surface area contributed by atoms with E-state index in [1.54, 1.807) is 6.92 Å². The maximum atomic E-state index is 12.4. The van der Waals surface area contributed by atoms with Crippen LogP contribution in [-0.4, -0.2) is 21.8 Å². The smallest absolute Gasteiger partial charge is 0.287 e. The number of hydrogen-bond donors (Lipinski definition) is 1. The molecule has 26 heavy (non-hydrogen) atoms. The minimum atomic E-state index is -0.393.